The van der Waals surface area contributed by atoms with Gasteiger partial charge in [0.2, 0.25) is 0 Å². The van der Waals surface area contributed by atoms with E-state index >= 15 is 0 Å². The topological polar surface area (TPSA) is 84.7 Å². The molecular weight excluding hydrogens is 371 g/mol. The van der Waals surface area contributed by atoms with Crippen LogP contribution in [0, 0.1) is 12.7 Å². The number of aromatic nitrogens is 4. The maximum atomic E-state index is 13.3. The van der Waals surface area contributed by atoms with E-state index in [2.05, 4.69) is 25.6 Å². The average Bonchev–Trinajstić information content (AvgIpc) is 3.24. The molecule has 0 fully saturated rings. The Morgan fingerprint density at radius 1 is 1.03 bits per heavy atom. The zero-order chi connectivity index (χ0) is 20.2. The molecule has 0 atom stereocenters. The third kappa shape index (κ3) is 4.44. The Labute approximate surface area is 166 Å². The molecule has 29 heavy (non-hydrogen) atoms. The summed E-state index contributed by atoms with van der Waals surface area (Å²) in [5.41, 5.74) is 1.65. The van der Waals surface area contributed by atoms with Crippen molar-refractivity contribution in [3.63, 3.8) is 0 Å². The molecule has 0 aliphatic carbocycles. The lowest BCUT2D eigenvalue weighted by atomic mass is 10.2. The van der Waals surface area contributed by atoms with Gasteiger partial charge in [0.05, 0.1) is 0 Å². The first-order valence-electron chi connectivity index (χ1n) is 8.85. The molecular formula is C21H17FN6O. The number of benzene rings is 2. The number of carbonyl (C=O) groups is 1. The number of amides is 1. The zero-order valence-corrected chi connectivity index (χ0v) is 15.5. The third-order valence-corrected chi connectivity index (χ3v) is 4.10. The van der Waals surface area contributed by atoms with Gasteiger partial charge >= 0.3 is 0 Å². The first-order chi connectivity index (χ1) is 14.1. The van der Waals surface area contributed by atoms with E-state index in [9.17, 15) is 9.18 Å². The highest BCUT2D eigenvalue weighted by Gasteiger charge is 2.08. The lowest BCUT2D eigenvalue weighted by molar-refractivity contribution is 0.102. The Morgan fingerprint density at radius 3 is 2.55 bits per heavy atom. The van der Waals surface area contributed by atoms with Crippen molar-refractivity contribution in [1.29, 1.82) is 0 Å². The monoisotopic (exact) mass is 388 g/mol. The van der Waals surface area contributed by atoms with Gasteiger partial charge in [-0.05, 0) is 49.4 Å². The van der Waals surface area contributed by atoms with Gasteiger partial charge in [0.25, 0.3) is 5.91 Å². The number of hydrogen-bond donors (Lipinski definition) is 2. The largest absolute Gasteiger partial charge is 0.340 e. The summed E-state index contributed by atoms with van der Waals surface area (Å²) >= 11 is 0. The highest BCUT2D eigenvalue weighted by Crippen LogP contribution is 2.20. The third-order valence-electron chi connectivity index (χ3n) is 4.10. The van der Waals surface area contributed by atoms with Crippen molar-refractivity contribution in [1.82, 2.24) is 19.5 Å². The molecule has 0 spiro atoms. The molecule has 0 unspecified atom stereocenters. The summed E-state index contributed by atoms with van der Waals surface area (Å²) in [5.74, 6) is 1.14. The second-order valence-electron chi connectivity index (χ2n) is 6.30. The van der Waals surface area contributed by atoms with E-state index in [0.29, 0.717) is 23.1 Å². The van der Waals surface area contributed by atoms with Crippen molar-refractivity contribution in [2.45, 2.75) is 6.92 Å². The van der Waals surface area contributed by atoms with Crippen LogP contribution in [0.3, 0.4) is 0 Å². The fourth-order valence-electron chi connectivity index (χ4n) is 2.76. The van der Waals surface area contributed by atoms with E-state index in [-0.39, 0.29) is 11.5 Å². The summed E-state index contributed by atoms with van der Waals surface area (Å²) in [7, 11) is 0. The molecule has 2 N–H and O–H groups in total. The molecule has 0 saturated heterocycles. The van der Waals surface area contributed by atoms with E-state index in [1.165, 1.54) is 18.2 Å². The maximum Gasteiger partial charge on any atom is 0.255 e. The number of nitrogens with zero attached hydrogens (tertiary/aromatic N) is 4. The number of hydrogen-bond acceptors (Lipinski definition) is 5. The highest BCUT2D eigenvalue weighted by atomic mass is 19.1. The van der Waals surface area contributed by atoms with Crippen LogP contribution >= 0.6 is 0 Å². The van der Waals surface area contributed by atoms with E-state index in [1.54, 1.807) is 35.3 Å². The first kappa shape index (κ1) is 18.3. The predicted molar refractivity (Wildman–Crippen MR) is 108 cm³/mol. The standard InChI is InChI=1S/C21H17FN6O/c1-14-24-19(12-20(25-14)28-10-9-23-13-28)26-17-5-7-18(8-6-17)27-21(29)15-3-2-4-16(22)11-15/h2-13H,1H3,(H,27,29)(H,24,25,26). The molecule has 8 heteroatoms. The van der Waals surface area contributed by atoms with Crippen molar-refractivity contribution in [2.75, 3.05) is 10.6 Å². The van der Waals surface area contributed by atoms with Crippen LogP contribution in [0.25, 0.3) is 5.82 Å². The number of imidazole rings is 1. The Morgan fingerprint density at radius 2 is 1.83 bits per heavy atom. The summed E-state index contributed by atoms with van der Waals surface area (Å²) in [6, 6.07) is 14.5. The van der Waals surface area contributed by atoms with Crippen LogP contribution in [0.2, 0.25) is 0 Å². The second-order valence-corrected chi connectivity index (χ2v) is 6.30. The van der Waals surface area contributed by atoms with Crippen molar-refractivity contribution < 1.29 is 9.18 Å². The highest BCUT2D eigenvalue weighted by molar-refractivity contribution is 6.04. The van der Waals surface area contributed by atoms with Gasteiger partial charge < -0.3 is 10.6 Å². The minimum Gasteiger partial charge on any atom is -0.340 e. The second kappa shape index (κ2) is 7.89. The van der Waals surface area contributed by atoms with Crippen molar-refractivity contribution in [3.8, 4) is 5.82 Å². The Balaban J connectivity index is 1.47. The molecule has 1 amide bonds. The van der Waals surface area contributed by atoms with Gasteiger partial charge in [-0.15, -0.1) is 0 Å². The quantitative estimate of drug-likeness (QED) is 0.538. The Hall–Kier alpha value is -4.07. The van der Waals surface area contributed by atoms with Crippen LogP contribution in [-0.4, -0.2) is 25.4 Å². The van der Waals surface area contributed by atoms with Crippen LogP contribution < -0.4 is 10.6 Å². The Kier molecular flexibility index (Phi) is 4.98. The maximum absolute atomic E-state index is 13.3. The molecule has 2 heterocycles. The van der Waals surface area contributed by atoms with Gasteiger partial charge in [0, 0.05) is 35.4 Å². The van der Waals surface area contributed by atoms with Gasteiger partial charge in [-0.2, -0.15) is 0 Å². The summed E-state index contributed by atoms with van der Waals surface area (Å²) < 4.78 is 15.1. The Bertz CT molecular complexity index is 1140. The molecule has 144 valence electrons. The van der Waals surface area contributed by atoms with Crippen LogP contribution in [0.4, 0.5) is 21.6 Å². The van der Waals surface area contributed by atoms with E-state index < -0.39 is 5.82 Å². The summed E-state index contributed by atoms with van der Waals surface area (Å²) in [5, 5.41) is 5.96. The predicted octanol–water partition coefficient (Wildman–Crippen LogP) is 4.11. The van der Waals surface area contributed by atoms with Gasteiger partial charge in [0.1, 0.15) is 29.6 Å². The molecule has 0 bridgehead atoms. The average molecular weight is 388 g/mol. The molecule has 4 aromatic rings. The summed E-state index contributed by atoms with van der Waals surface area (Å²) in [4.78, 5) is 25.0. The molecule has 0 aliphatic rings. The number of aryl methyl sites for hydroxylation is 1. The van der Waals surface area contributed by atoms with E-state index in [0.717, 1.165) is 5.69 Å². The minimum absolute atomic E-state index is 0.260. The SMILES string of the molecule is Cc1nc(Nc2ccc(NC(=O)c3cccc(F)c3)cc2)cc(-n2ccnc2)n1. The number of halogens is 1. The van der Waals surface area contributed by atoms with Crippen LogP contribution in [0.5, 0.6) is 0 Å². The minimum atomic E-state index is -0.451. The fourth-order valence-corrected chi connectivity index (χ4v) is 2.76. The van der Waals surface area contributed by atoms with Crippen LogP contribution in [0.1, 0.15) is 16.2 Å². The van der Waals surface area contributed by atoms with Gasteiger partial charge in [-0.1, -0.05) is 6.07 Å². The van der Waals surface area contributed by atoms with Crippen molar-refractivity contribution >= 4 is 23.1 Å². The molecule has 0 saturated carbocycles. The molecule has 2 aromatic heterocycles. The van der Waals surface area contributed by atoms with Gasteiger partial charge in [-0.25, -0.2) is 19.3 Å². The van der Waals surface area contributed by atoms with Crippen LogP contribution in [0.15, 0.2) is 73.3 Å². The van der Waals surface area contributed by atoms with Crippen LogP contribution in [-0.2, 0) is 0 Å². The fraction of sp³-hybridized carbons (Fsp3) is 0.0476. The lowest BCUT2D eigenvalue weighted by Crippen LogP contribution is -2.12. The number of anilines is 3. The zero-order valence-electron chi connectivity index (χ0n) is 15.5. The molecule has 2 aromatic carbocycles. The molecule has 7 nitrogen and oxygen atoms in total. The summed E-state index contributed by atoms with van der Waals surface area (Å²) in [6.45, 7) is 1.82. The van der Waals surface area contributed by atoms with Gasteiger partial charge in [-0.3, -0.25) is 9.36 Å². The molecule has 0 radical (unpaired) electrons. The number of rotatable bonds is 5. The van der Waals surface area contributed by atoms with Crippen molar-refractivity contribution in [2.24, 2.45) is 0 Å². The molecule has 4 rings (SSSR count). The summed E-state index contributed by atoms with van der Waals surface area (Å²) in [6.07, 6.45) is 5.16. The van der Waals surface area contributed by atoms with Crippen molar-refractivity contribution in [3.05, 3.63) is 90.5 Å². The number of nitrogens with one attached hydrogen (secondary N) is 2. The van der Waals surface area contributed by atoms with E-state index in [4.69, 9.17) is 0 Å². The van der Waals surface area contributed by atoms with E-state index in [1.807, 2.05) is 31.3 Å². The van der Waals surface area contributed by atoms with Gasteiger partial charge in [0.15, 0.2) is 0 Å². The smallest absolute Gasteiger partial charge is 0.255 e. The normalized spacial score (nSPS) is 10.6. The number of carbonyl (C=O) groups excluding carboxylic acids is 1. The lowest BCUT2D eigenvalue weighted by Gasteiger charge is -2.10. The molecule has 0 aliphatic heterocycles. The first-order valence-corrected chi connectivity index (χ1v) is 8.85.